The summed E-state index contributed by atoms with van der Waals surface area (Å²) in [6.07, 6.45) is 3.92. The predicted molar refractivity (Wildman–Crippen MR) is 171 cm³/mol. The molecule has 1 fully saturated rings. The molecule has 1 saturated heterocycles. The van der Waals surface area contributed by atoms with E-state index < -0.39 is 5.60 Å². The van der Waals surface area contributed by atoms with Gasteiger partial charge in [-0.15, -0.1) is 11.8 Å². The van der Waals surface area contributed by atoms with Gasteiger partial charge in [0.25, 0.3) is 0 Å². The van der Waals surface area contributed by atoms with Gasteiger partial charge >= 0.3 is 6.03 Å². The van der Waals surface area contributed by atoms with Crippen molar-refractivity contribution < 1.29 is 15.0 Å². The predicted octanol–water partition coefficient (Wildman–Crippen LogP) is 6.14. The Hall–Kier alpha value is -2.55. The van der Waals surface area contributed by atoms with E-state index in [1.54, 1.807) is 0 Å². The number of fused-ring (bicyclic) bond motifs is 2. The van der Waals surface area contributed by atoms with Crippen LogP contribution in [0.2, 0.25) is 5.02 Å². The number of nitrogens with one attached hydrogen (secondary N) is 2. The number of urea groups is 1. The molecule has 2 aliphatic heterocycles. The molecule has 2 amide bonds. The Kier molecular flexibility index (Phi) is 10.9. The maximum absolute atomic E-state index is 12.6. The average Bonchev–Trinajstić information content (AvgIpc) is 3.17. The summed E-state index contributed by atoms with van der Waals surface area (Å²) in [5.41, 5.74) is 4.19. The first-order valence-corrected chi connectivity index (χ1v) is 16.5. The molecule has 0 aromatic heterocycles. The number of benzene rings is 3. The summed E-state index contributed by atoms with van der Waals surface area (Å²) < 4.78 is 0. The Morgan fingerprint density at radius 3 is 2.45 bits per heavy atom. The highest BCUT2D eigenvalue weighted by Crippen LogP contribution is 2.45. The van der Waals surface area contributed by atoms with Crippen molar-refractivity contribution in [3.63, 3.8) is 0 Å². The number of hydrogen-bond donors (Lipinski definition) is 4. The maximum Gasteiger partial charge on any atom is 0.314 e. The lowest BCUT2D eigenvalue weighted by molar-refractivity contribution is -0.0262. The van der Waals surface area contributed by atoms with Gasteiger partial charge in [0.2, 0.25) is 0 Å². The summed E-state index contributed by atoms with van der Waals surface area (Å²) in [6, 6.07) is 24.9. The summed E-state index contributed by atoms with van der Waals surface area (Å²) >= 11 is 7.96. The first-order valence-electron chi connectivity index (χ1n) is 15.1. The molecule has 4 N–H and O–H groups in total. The standard InChI is InChI=1S/C34H42ClN3O3S/c35-28-14-12-27(13-15-28)34(41)16-20-38(21-17-34)19-5-8-25(23-37-33(40)36-18-6-22-39)32-29-9-2-1-7-26(29)24-42-31-11-4-3-10-30(31)32/h1-4,7,9-15,25,32,39,41H,5-6,8,16-24H2,(H2,36,37,40). The van der Waals surface area contributed by atoms with Crippen LogP contribution in [0.25, 0.3) is 0 Å². The lowest BCUT2D eigenvalue weighted by atomic mass is 9.77. The number of nitrogens with zero attached hydrogens (tertiary/aromatic N) is 1. The van der Waals surface area contributed by atoms with Crippen molar-refractivity contribution in [1.82, 2.24) is 15.5 Å². The number of rotatable bonds is 11. The van der Waals surface area contributed by atoms with Crippen LogP contribution in [0.1, 0.15) is 60.3 Å². The van der Waals surface area contributed by atoms with Crippen LogP contribution in [-0.2, 0) is 11.4 Å². The SMILES string of the molecule is O=C(NCCCO)NCC(CCCN1CCC(O)(c2ccc(Cl)cc2)CC1)C1c2ccccc2CSc2ccccc21. The van der Waals surface area contributed by atoms with Crippen LogP contribution in [-0.4, -0.2) is 60.5 Å². The van der Waals surface area contributed by atoms with Crippen LogP contribution in [0.4, 0.5) is 4.79 Å². The highest BCUT2D eigenvalue weighted by Gasteiger charge is 2.34. The normalized spacial score (nSPS) is 18.8. The van der Waals surface area contributed by atoms with Gasteiger partial charge in [-0.05, 0) is 85.0 Å². The molecule has 42 heavy (non-hydrogen) atoms. The van der Waals surface area contributed by atoms with E-state index in [0.29, 0.717) is 37.4 Å². The summed E-state index contributed by atoms with van der Waals surface area (Å²) in [7, 11) is 0. The third kappa shape index (κ3) is 7.69. The third-order valence-corrected chi connectivity index (χ3v) is 10.1. The Morgan fingerprint density at radius 2 is 1.69 bits per heavy atom. The molecule has 2 unspecified atom stereocenters. The molecule has 5 rings (SSSR count). The van der Waals surface area contributed by atoms with Gasteiger partial charge in [-0.3, -0.25) is 0 Å². The van der Waals surface area contributed by atoms with E-state index >= 15 is 0 Å². The molecule has 8 heteroatoms. The zero-order valence-corrected chi connectivity index (χ0v) is 25.7. The molecule has 0 saturated carbocycles. The second kappa shape index (κ2) is 14.8. The average molecular weight is 608 g/mol. The summed E-state index contributed by atoms with van der Waals surface area (Å²) in [5, 5.41) is 27.1. The minimum Gasteiger partial charge on any atom is -0.396 e. The fourth-order valence-corrected chi connectivity index (χ4v) is 7.63. The number of likely N-dealkylation sites (tertiary alicyclic amines) is 1. The van der Waals surface area contributed by atoms with Crippen molar-refractivity contribution in [3.8, 4) is 0 Å². The number of hydrogen-bond acceptors (Lipinski definition) is 5. The van der Waals surface area contributed by atoms with E-state index in [2.05, 4.69) is 64.1 Å². The Labute approximate surface area is 258 Å². The molecule has 0 bridgehead atoms. The summed E-state index contributed by atoms with van der Waals surface area (Å²) in [5.74, 6) is 1.34. The topological polar surface area (TPSA) is 84.8 Å². The summed E-state index contributed by atoms with van der Waals surface area (Å²) in [6.45, 7) is 3.74. The molecule has 0 spiro atoms. The Bertz CT molecular complexity index is 1270. The number of aliphatic hydroxyl groups excluding tert-OH is 1. The largest absolute Gasteiger partial charge is 0.396 e. The van der Waals surface area contributed by atoms with Crippen molar-refractivity contribution in [2.45, 2.75) is 54.3 Å². The molecular weight excluding hydrogens is 566 g/mol. The van der Waals surface area contributed by atoms with Crippen LogP contribution in [0.3, 0.4) is 0 Å². The second-order valence-electron chi connectivity index (χ2n) is 11.5. The van der Waals surface area contributed by atoms with Crippen LogP contribution >= 0.6 is 23.4 Å². The minimum absolute atomic E-state index is 0.0593. The zero-order chi connectivity index (χ0) is 29.4. The van der Waals surface area contributed by atoms with Crippen molar-refractivity contribution in [2.75, 3.05) is 39.3 Å². The van der Waals surface area contributed by atoms with Crippen molar-refractivity contribution >= 4 is 29.4 Å². The first kappa shape index (κ1) is 30.9. The second-order valence-corrected chi connectivity index (χ2v) is 13.0. The molecule has 2 aliphatic rings. The molecule has 0 radical (unpaired) electrons. The number of thioether (sulfide) groups is 1. The number of amides is 2. The van der Waals surface area contributed by atoms with Gasteiger partial charge in [0.1, 0.15) is 0 Å². The van der Waals surface area contributed by atoms with E-state index in [4.69, 9.17) is 16.7 Å². The van der Waals surface area contributed by atoms with Crippen LogP contribution < -0.4 is 10.6 Å². The number of aliphatic hydroxyl groups is 2. The van der Waals surface area contributed by atoms with E-state index in [1.165, 1.54) is 21.6 Å². The lowest BCUT2D eigenvalue weighted by Crippen LogP contribution is -2.43. The van der Waals surface area contributed by atoms with Crippen LogP contribution in [0, 0.1) is 5.92 Å². The van der Waals surface area contributed by atoms with Crippen molar-refractivity contribution in [3.05, 3.63) is 100 Å². The van der Waals surface area contributed by atoms with Gasteiger partial charge in [0.05, 0.1) is 5.60 Å². The van der Waals surface area contributed by atoms with Gasteiger partial charge in [-0.25, -0.2) is 4.79 Å². The van der Waals surface area contributed by atoms with E-state index in [9.17, 15) is 9.90 Å². The maximum atomic E-state index is 12.6. The smallest absolute Gasteiger partial charge is 0.314 e. The molecule has 2 atom stereocenters. The molecular formula is C34H42ClN3O3S. The molecule has 0 aliphatic carbocycles. The zero-order valence-electron chi connectivity index (χ0n) is 24.1. The van der Waals surface area contributed by atoms with Crippen LogP contribution in [0.15, 0.2) is 77.7 Å². The van der Waals surface area contributed by atoms with Crippen molar-refractivity contribution in [1.29, 1.82) is 0 Å². The molecule has 224 valence electrons. The summed E-state index contributed by atoms with van der Waals surface area (Å²) in [4.78, 5) is 16.4. The van der Waals surface area contributed by atoms with Gasteiger partial charge in [-0.1, -0.05) is 66.2 Å². The van der Waals surface area contributed by atoms with Gasteiger partial charge in [0, 0.05) is 54.4 Å². The monoisotopic (exact) mass is 607 g/mol. The van der Waals surface area contributed by atoms with E-state index in [1.807, 2.05) is 36.0 Å². The molecule has 3 aromatic carbocycles. The number of piperidine rings is 1. The Balaban J connectivity index is 1.28. The highest BCUT2D eigenvalue weighted by molar-refractivity contribution is 7.98. The first-order chi connectivity index (χ1) is 20.5. The number of carbonyl (C=O) groups excluding carboxylic acids is 1. The Morgan fingerprint density at radius 1 is 0.976 bits per heavy atom. The third-order valence-electron chi connectivity index (χ3n) is 8.76. The molecule has 2 heterocycles. The van der Waals surface area contributed by atoms with E-state index in [-0.39, 0.29) is 24.5 Å². The quantitative estimate of drug-likeness (QED) is 0.197. The molecule has 3 aromatic rings. The van der Waals surface area contributed by atoms with Crippen molar-refractivity contribution in [2.24, 2.45) is 5.92 Å². The number of halogens is 1. The van der Waals surface area contributed by atoms with Gasteiger partial charge in [-0.2, -0.15) is 0 Å². The number of carbonyl (C=O) groups is 1. The minimum atomic E-state index is -0.803. The lowest BCUT2D eigenvalue weighted by Gasteiger charge is -2.39. The van der Waals surface area contributed by atoms with Crippen LogP contribution in [0.5, 0.6) is 0 Å². The van der Waals surface area contributed by atoms with E-state index in [0.717, 1.165) is 43.8 Å². The fourth-order valence-electron chi connectivity index (χ4n) is 6.40. The highest BCUT2D eigenvalue weighted by atomic mass is 35.5. The van der Waals surface area contributed by atoms with Gasteiger partial charge in [0.15, 0.2) is 0 Å². The molecule has 6 nitrogen and oxygen atoms in total. The fraction of sp³-hybridized carbons (Fsp3) is 0.441. The van der Waals surface area contributed by atoms with Gasteiger partial charge < -0.3 is 25.7 Å².